The number of aryl methyl sites for hydroxylation is 1. The lowest BCUT2D eigenvalue weighted by Gasteiger charge is -2.02. The van der Waals surface area contributed by atoms with Crippen LogP contribution in [0.15, 0.2) is 21.2 Å². The Morgan fingerprint density at radius 2 is 2.33 bits per heavy atom. The molecule has 0 bridgehead atoms. The van der Waals surface area contributed by atoms with Gasteiger partial charge in [0.1, 0.15) is 5.82 Å². The Bertz CT molecular complexity index is 439. The molecule has 0 aliphatic carbocycles. The van der Waals surface area contributed by atoms with Crippen molar-refractivity contribution in [1.82, 2.24) is 14.7 Å². The maximum Gasteiger partial charge on any atom is 0.170 e. The quantitative estimate of drug-likeness (QED) is 0.600. The molecule has 2 aromatic rings. The molecule has 1 N–H and O–H groups in total. The zero-order valence-electron chi connectivity index (χ0n) is 10.4. The van der Waals surface area contributed by atoms with Gasteiger partial charge in [-0.2, -0.15) is 15.7 Å². The van der Waals surface area contributed by atoms with Gasteiger partial charge in [0, 0.05) is 18.7 Å². The molecule has 0 aliphatic heterocycles. The second-order valence-corrected chi connectivity index (χ2v) is 6.68. The van der Waals surface area contributed by atoms with Crippen molar-refractivity contribution >= 4 is 34.6 Å². The highest BCUT2D eigenvalue weighted by molar-refractivity contribution is 8.00. The van der Waals surface area contributed by atoms with Gasteiger partial charge in [0.05, 0.1) is 0 Å². The van der Waals surface area contributed by atoms with E-state index in [2.05, 4.69) is 38.4 Å². The van der Waals surface area contributed by atoms with Crippen molar-refractivity contribution in [3.63, 3.8) is 0 Å². The number of thiophene rings is 1. The molecule has 0 saturated carbocycles. The SMILES string of the molecule is CCc1nsc(SCCNCCc2ccsc2)n1. The molecule has 0 radical (unpaired) electrons. The van der Waals surface area contributed by atoms with E-state index >= 15 is 0 Å². The zero-order valence-corrected chi connectivity index (χ0v) is 12.8. The van der Waals surface area contributed by atoms with Crippen LogP contribution in [0.1, 0.15) is 18.3 Å². The predicted molar refractivity (Wildman–Crippen MR) is 80.9 cm³/mol. The number of thioether (sulfide) groups is 1. The Kier molecular flexibility index (Phi) is 6.13. The van der Waals surface area contributed by atoms with Crippen LogP contribution in [-0.2, 0) is 12.8 Å². The fourth-order valence-electron chi connectivity index (χ4n) is 1.44. The van der Waals surface area contributed by atoms with Crippen LogP contribution in [0.4, 0.5) is 0 Å². The van der Waals surface area contributed by atoms with Gasteiger partial charge >= 0.3 is 0 Å². The van der Waals surface area contributed by atoms with Crippen molar-refractivity contribution in [2.75, 3.05) is 18.8 Å². The van der Waals surface area contributed by atoms with Gasteiger partial charge in [-0.05, 0) is 46.9 Å². The summed E-state index contributed by atoms with van der Waals surface area (Å²) >= 11 is 5.06. The number of aromatic nitrogens is 2. The minimum Gasteiger partial charge on any atom is -0.316 e. The summed E-state index contributed by atoms with van der Waals surface area (Å²) in [5.41, 5.74) is 1.43. The summed E-state index contributed by atoms with van der Waals surface area (Å²) in [4.78, 5) is 4.43. The third kappa shape index (κ3) is 4.68. The minimum atomic E-state index is 0.927. The van der Waals surface area contributed by atoms with E-state index in [1.165, 1.54) is 17.1 Å². The maximum atomic E-state index is 4.43. The van der Waals surface area contributed by atoms with Gasteiger partial charge in [-0.15, -0.1) is 0 Å². The number of rotatable bonds is 8. The zero-order chi connectivity index (χ0) is 12.6. The van der Waals surface area contributed by atoms with Gasteiger partial charge in [0.2, 0.25) is 0 Å². The van der Waals surface area contributed by atoms with Crippen LogP contribution in [0.5, 0.6) is 0 Å². The normalized spacial score (nSPS) is 10.9. The largest absolute Gasteiger partial charge is 0.316 e. The molecule has 18 heavy (non-hydrogen) atoms. The molecular weight excluding hydrogens is 282 g/mol. The summed E-state index contributed by atoms with van der Waals surface area (Å²) in [6.45, 7) is 4.16. The minimum absolute atomic E-state index is 0.927. The first-order valence-electron chi connectivity index (χ1n) is 6.05. The third-order valence-electron chi connectivity index (χ3n) is 2.44. The Hall–Kier alpha value is -0.430. The van der Waals surface area contributed by atoms with E-state index in [4.69, 9.17) is 0 Å². The van der Waals surface area contributed by atoms with Crippen LogP contribution < -0.4 is 5.32 Å². The van der Waals surface area contributed by atoms with Crippen LogP contribution in [0.2, 0.25) is 0 Å². The van der Waals surface area contributed by atoms with E-state index in [9.17, 15) is 0 Å². The Morgan fingerprint density at radius 1 is 1.39 bits per heavy atom. The maximum absolute atomic E-state index is 4.43. The molecule has 0 spiro atoms. The molecule has 2 aromatic heterocycles. The molecule has 3 nitrogen and oxygen atoms in total. The standard InChI is InChI=1S/C12H17N3S3/c1-2-11-14-12(18-15-11)17-8-6-13-5-3-10-4-7-16-9-10/h4,7,9,13H,2-3,5-6,8H2,1H3. The van der Waals surface area contributed by atoms with Gasteiger partial charge in [-0.1, -0.05) is 18.7 Å². The van der Waals surface area contributed by atoms with Crippen molar-refractivity contribution in [3.05, 3.63) is 28.2 Å². The monoisotopic (exact) mass is 299 g/mol. The van der Waals surface area contributed by atoms with Crippen LogP contribution in [0.25, 0.3) is 0 Å². The Morgan fingerprint density at radius 3 is 3.06 bits per heavy atom. The lowest BCUT2D eigenvalue weighted by Crippen LogP contribution is -2.19. The van der Waals surface area contributed by atoms with E-state index < -0.39 is 0 Å². The first-order valence-corrected chi connectivity index (χ1v) is 8.76. The molecule has 0 unspecified atom stereocenters. The molecular formula is C12H17N3S3. The first kappa shape index (κ1) is 14.0. The smallest absolute Gasteiger partial charge is 0.170 e. The number of hydrogen-bond donors (Lipinski definition) is 1. The highest BCUT2D eigenvalue weighted by Gasteiger charge is 2.02. The lowest BCUT2D eigenvalue weighted by atomic mass is 10.2. The van der Waals surface area contributed by atoms with Crippen molar-refractivity contribution in [2.24, 2.45) is 0 Å². The summed E-state index contributed by atoms with van der Waals surface area (Å²) in [5.74, 6) is 2.02. The van der Waals surface area contributed by atoms with Crippen molar-refractivity contribution in [1.29, 1.82) is 0 Å². The Labute approximate surface area is 120 Å². The molecule has 2 rings (SSSR count). The van der Waals surface area contributed by atoms with E-state index in [0.29, 0.717) is 0 Å². The fraction of sp³-hybridized carbons (Fsp3) is 0.500. The molecule has 0 amide bonds. The summed E-state index contributed by atoms with van der Waals surface area (Å²) in [6, 6.07) is 2.19. The van der Waals surface area contributed by atoms with Crippen LogP contribution in [0.3, 0.4) is 0 Å². The molecule has 2 heterocycles. The molecule has 98 valence electrons. The molecule has 0 aromatic carbocycles. The highest BCUT2D eigenvalue weighted by Crippen LogP contribution is 2.19. The fourth-order valence-corrected chi connectivity index (χ4v) is 3.81. The summed E-state index contributed by atoms with van der Waals surface area (Å²) in [6.07, 6.45) is 2.04. The molecule has 0 atom stereocenters. The van der Waals surface area contributed by atoms with Gasteiger partial charge < -0.3 is 5.32 Å². The van der Waals surface area contributed by atoms with E-state index in [0.717, 1.165) is 41.8 Å². The average Bonchev–Trinajstić information content (AvgIpc) is 3.04. The Balaban J connectivity index is 1.53. The van der Waals surface area contributed by atoms with Crippen LogP contribution in [0, 0.1) is 0 Å². The van der Waals surface area contributed by atoms with Gasteiger partial charge in [0.25, 0.3) is 0 Å². The van der Waals surface area contributed by atoms with Gasteiger partial charge in [0.15, 0.2) is 4.34 Å². The predicted octanol–water partition coefficient (Wildman–Crippen LogP) is 3.09. The van der Waals surface area contributed by atoms with Gasteiger partial charge in [-0.3, -0.25) is 0 Å². The lowest BCUT2D eigenvalue weighted by molar-refractivity contribution is 0.722. The van der Waals surface area contributed by atoms with Gasteiger partial charge in [-0.25, -0.2) is 4.98 Å². The summed E-state index contributed by atoms with van der Waals surface area (Å²) in [7, 11) is 0. The average molecular weight is 299 g/mol. The van der Waals surface area contributed by atoms with Crippen molar-refractivity contribution in [3.8, 4) is 0 Å². The topological polar surface area (TPSA) is 37.8 Å². The van der Waals surface area contributed by atoms with Crippen molar-refractivity contribution in [2.45, 2.75) is 24.1 Å². The number of hydrogen-bond acceptors (Lipinski definition) is 6. The molecule has 0 aliphatic rings. The molecule has 0 saturated heterocycles. The first-order chi connectivity index (χ1) is 8.88. The second-order valence-electron chi connectivity index (χ2n) is 3.81. The molecule has 6 heteroatoms. The highest BCUT2D eigenvalue weighted by atomic mass is 32.2. The number of nitrogens with one attached hydrogen (secondary N) is 1. The summed E-state index contributed by atoms with van der Waals surface area (Å²) < 4.78 is 5.36. The van der Waals surface area contributed by atoms with E-state index in [1.807, 2.05) is 0 Å². The number of nitrogens with zero attached hydrogens (tertiary/aromatic N) is 2. The third-order valence-corrected chi connectivity index (χ3v) is 5.05. The second kappa shape index (κ2) is 7.89. The van der Waals surface area contributed by atoms with Crippen LogP contribution >= 0.6 is 34.6 Å². The van der Waals surface area contributed by atoms with E-state index in [-0.39, 0.29) is 0 Å². The van der Waals surface area contributed by atoms with Crippen molar-refractivity contribution < 1.29 is 0 Å². The molecule has 0 fully saturated rings. The van der Waals surface area contributed by atoms with E-state index in [1.54, 1.807) is 23.1 Å². The summed E-state index contributed by atoms with van der Waals surface area (Å²) in [5, 5.41) is 7.80. The van der Waals surface area contributed by atoms with Crippen LogP contribution in [-0.4, -0.2) is 28.2 Å².